The summed E-state index contributed by atoms with van der Waals surface area (Å²) in [5, 5.41) is 14.1. The minimum atomic E-state index is -0.303. The van der Waals surface area contributed by atoms with E-state index in [0.29, 0.717) is 31.1 Å². The van der Waals surface area contributed by atoms with Gasteiger partial charge in [-0.25, -0.2) is 9.97 Å². The van der Waals surface area contributed by atoms with Gasteiger partial charge in [-0.1, -0.05) is 5.16 Å². The molecule has 9 heteroatoms. The maximum atomic E-state index is 13.0. The summed E-state index contributed by atoms with van der Waals surface area (Å²) >= 11 is 0. The van der Waals surface area contributed by atoms with E-state index >= 15 is 0 Å². The third-order valence-electron chi connectivity index (χ3n) is 5.94. The minimum absolute atomic E-state index is 0.0557. The molecule has 3 aromatic rings. The second kappa shape index (κ2) is 6.39. The molecule has 0 saturated carbocycles. The van der Waals surface area contributed by atoms with Crippen LogP contribution in [0.1, 0.15) is 21.9 Å². The highest BCUT2D eigenvalue weighted by Gasteiger charge is 2.53. The van der Waals surface area contributed by atoms with Gasteiger partial charge in [-0.2, -0.15) is 0 Å². The quantitative estimate of drug-likeness (QED) is 0.705. The van der Waals surface area contributed by atoms with E-state index in [4.69, 9.17) is 4.52 Å². The molecular weight excluding hydrogens is 360 g/mol. The molecule has 1 amide bonds. The van der Waals surface area contributed by atoms with Crippen LogP contribution >= 0.6 is 0 Å². The largest absolute Gasteiger partial charge is 0.396 e. The van der Waals surface area contributed by atoms with Crippen LogP contribution in [-0.2, 0) is 6.54 Å². The first kappa shape index (κ1) is 17.3. The number of aryl methyl sites for hydroxylation is 1. The highest BCUT2D eigenvalue weighted by Crippen LogP contribution is 2.43. The number of carbonyl (C=O) groups is 1. The van der Waals surface area contributed by atoms with E-state index in [1.54, 1.807) is 22.9 Å². The number of amides is 1. The van der Waals surface area contributed by atoms with E-state index in [1.807, 2.05) is 24.1 Å². The fourth-order valence-corrected chi connectivity index (χ4v) is 4.60. The van der Waals surface area contributed by atoms with Crippen molar-refractivity contribution in [3.8, 4) is 0 Å². The Kier molecular flexibility index (Phi) is 3.95. The number of fused-ring (bicyclic) bond motifs is 2. The summed E-state index contributed by atoms with van der Waals surface area (Å²) in [5.74, 6) is 1.46. The Labute approximate surface area is 161 Å². The third-order valence-corrected chi connectivity index (χ3v) is 5.94. The van der Waals surface area contributed by atoms with Crippen molar-refractivity contribution in [3.05, 3.63) is 47.9 Å². The molecule has 1 N–H and O–H groups in total. The summed E-state index contributed by atoms with van der Waals surface area (Å²) in [6.45, 7) is 5.32. The van der Waals surface area contributed by atoms with Crippen molar-refractivity contribution in [2.45, 2.75) is 13.5 Å². The maximum Gasteiger partial charge on any atom is 0.274 e. The lowest BCUT2D eigenvalue weighted by atomic mass is 9.82. The topological polar surface area (TPSA) is 100 Å². The highest BCUT2D eigenvalue weighted by atomic mass is 16.5. The van der Waals surface area contributed by atoms with Crippen molar-refractivity contribution < 1.29 is 14.4 Å². The zero-order chi connectivity index (χ0) is 19.3. The summed E-state index contributed by atoms with van der Waals surface area (Å²) in [5.41, 5.74) is 0.952. The van der Waals surface area contributed by atoms with Crippen LogP contribution in [0.4, 0.5) is 0 Å². The van der Waals surface area contributed by atoms with E-state index in [0.717, 1.165) is 24.5 Å². The summed E-state index contributed by atoms with van der Waals surface area (Å²) in [4.78, 5) is 25.6. The molecule has 0 bridgehead atoms. The van der Waals surface area contributed by atoms with Gasteiger partial charge in [-0.05, 0) is 18.9 Å². The van der Waals surface area contributed by atoms with E-state index in [-0.39, 0.29) is 23.8 Å². The molecule has 2 aliphatic rings. The molecule has 2 fully saturated rings. The Morgan fingerprint density at radius 3 is 3.00 bits per heavy atom. The van der Waals surface area contributed by atoms with Crippen molar-refractivity contribution in [2.75, 3.05) is 32.8 Å². The molecular formula is C19H22N6O3. The number of imidazole rings is 1. The zero-order valence-electron chi connectivity index (χ0n) is 15.7. The molecule has 5 rings (SSSR count). The Balaban J connectivity index is 1.31. The molecule has 2 unspecified atom stereocenters. The lowest BCUT2D eigenvalue weighted by Gasteiger charge is -2.26. The van der Waals surface area contributed by atoms with E-state index in [9.17, 15) is 9.90 Å². The molecule has 28 heavy (non-hydrogen) atoms. The number of carbonyl (C=O) groups excluding carboxylic acids is 1. The Morgan fingerprint density at radius 2 is 2.29 bits per heavy atom. The molecule has 146 valence electrons. The van der Waals surface area contributed by atoms with Gasteiger partial charge in [0.2, 0.25) is 5.78 Å². The van der Waals surface area contributed by atoms with Crippen LogP contribution in [0.5, 0.6) is 0 Å². The Hall–Kier alpha value is -2.78. The van der Waals surface area contributed by atoms with Crippen molar-refractivity contribution >= 4 is 11.7 Å². The average Bonchev–Trinajstić information content (AvgIpc) is 3.42. The van der Waals surface area contributed by atoms with Crippen LogP contribution < -0.4 is 0 Å². The number of aromatic nitrogens is 4. The number of rotatable bonds is 4. The van der Waals surface area contributed by atoms with Gasteiger partial charge in [0.25, 0.3) is 5.91 Å². The molecule has 2 saturated heterocycles. The van der Waals surface area contributed by atoms with Crippen molar-refractivity contribution in [1.29, 1.82) is 0 Å². The first-order valence-electron chi connectivity index (χ1n) is 9.41. The molecule has 2 atom stereocenters. The fourth-order valence-electron chi connectivity index (χ4n) is 4.60. The summed E-state index contributed by atoms with van der Waals surface area (Å²) in [6, 6.07) is 3.74. The average molecular weight is 382 g/mol. The van der Waals surface area contributed by atoms with Crippen LogP contribution in [0, 0.1) is 18.3 Å². The molecule has 0 aliphatic carbocycles. The number of aliphatic hydroxyl groups excluding tert-OH is 1. The van der Waals surface area contributed by atoms with E-state index in [1.165, 1.54) is 0 Å². The minimum Gasteiger partial charge on any atom is -0.396 e. The van der Waals surface area contributed by atoms with E-state index in [2.05, 4.69) is 20.0 Å². The summed E-state index contributed by atoms with van der Waals surface area (Å²) < 4.78 is 7.07. The standard InChI is InChI=1S/C19H22N6O3/c1-13-5-15(28-22-13)8-23-6-14-7-25(11-19(14,10-23)12-26)17(27)16-9-24-4-2-3-20-18(24)21-16/h2-5,9,14,26H,6-8,10-12H2,1H3. The third kappa shape index (κ3) is 2.78. The van der Waals surface area contributed by atoms with Gasteiger partial charge in [0.05, 0.1) is 18.8 Å². The van der Waals surface area contributed by atoms with Crippen molar-refractivity contribution in [2.24, 2.45) is 11.3 Å². The summed E-state index contributed by atoms with van der Waals surface area (Å²) in [6.07, 6.45) is 5.19. The van der Waals surface area contributed by atoms with Gasteiger partial charge in [-0.3, -0.25) is 14.1 Å². The highest BCUT2D eigenvalue weighted by molar-refractivity contribution is 5.93. The fraction of sp³-hybridized carbons (Fsp3) is 0.474. The lowest BCUT2D eigenvalue weighted by Crippen LogP contribution is -2.38. The van der Waals surface area contributed by atoms with Crippen LogP contribution in [0.2, 0.25) is 0 Å². The van der Waals surface area contributed by atoms with Crippen molar-refractivity contribution in [3.63, 3.8) is 0 Å². The Bertz CT molecular complexity index is 997. The first-order chi connectivity index (χ1) is 13.6. The van der Waals surface area contributed by atoms with Gasteiger partial charge in [0.1, 0.15) is 5.69 Å². The summed E-state index contributed by atoms with van der Waals surface area (Å²) in [7, 11) is 0. The van der Waals surface area contributed by atoms with Gasteiger partial charge in [0.15, 0.2) is 5.76 Å². The molecule has 5 heterocycles. The van der Waals surface area contributed by atoms with Crippen LogP contribution in [0.3, 0.4) is 0 Å². The maximum absolute atomic E-state index is 13.0. The molecule has 0 radical (unpaired) electrons. The van der Waals surface area contributed by atoms with Gasteiger partial charge in [-0.15, -0.1) is 0 Å². The van der Waals surface area contributed by atoms with Crippen LogP contribution in [0.15, 0.2) is 35.2 Å². The number of hydrogen-bond acceptors (Lipinski definition) is 7. The number of nitrogens with zero attached hydrogens (tertiary/aromatic N) is 6. The molecule has 3 aromatic heterocycles. The second-order valence-electron chi connectivity index (χ2n) is 7.96. The van der Waals surface area contributed by atoms with Gasteiger partial charge < -0.3 is 14.5 Å². The predicted octanol–water partition coefficient (Wildman–Crippen LogP) is 0.592. The van der Waals surface area contributed by atoms with Crippen LogP contribution in [-0.4, -0.2) is 73.1 Å². The first-order valence-corrected chi connectivity index (χ1v) is 9.41. The monoisotopic (exact) mass is 382 g/mol. The molecule has 2 aliphatic heterocycles. The second-order valence-corrected chi connectivity index (χ2v) is 7.96. The number of likely N-dealkylation sites (tertiary alicyclic amines) is 2. The zero-order valence-corrected chi connectivity index (χ0v) is 15.7. The van der Waals surface area contributed by atoms with Crippen LogP contribution in [0.25, 0.3) is 5.78 Å². The van der Waals surface area contributed by atoms with Crippen molar-refractivity contribution in [1.82, 2.24) is 29.3 Å². The normalized spacial score (nSPS) is 24.9. The molecule has 0 aromatic carbocycles. The lowest BCUT2D eigenvalue weighted by molar-refractivity contribution is 0.0711. The smallest absolute Gasteiger partial charge is 0.274 e. The predicted molar refractivity (Wildman–Crippen MR) is 98.4 cm³/mol. The van der Waals surface area contributed by atoms with Gasteiger partial charge >= 0.3 is 0 Å². The number of aliphatic hydroxyl groups is 1. The van der Waals surface area contributed by atoms with Gasteiger partial charge in [0, 0.05) is 56.3 Å². The number of hydrogen-bond donors (Lipinski definition) is 1. The molecule has 9 nitrogen and oxygen atoms in total. The van der Waals surface area contributed by atoms with E-state index < -0.39 is 0 Å². The molecule has 0 spiro atoms. The SMILES string of the molecule is Cc1cc(CN2CC3CN(C(=O)c4cn5cccnc5n4)CC3(CO)C2)on1. The Morgan fingerprint density at radius 1 is 1.39 bits per heavy atom.